The van der Waals surface area contributed by atoms with Crippen LogP contribution in [0.25, 0.3) is 0 Å². The molecule has 0 bridgehead atoms. The van der Waals surface area contributed by atoms with Crippen LogP contribution in [0.4, 0.5) is 0 Å². The van der Waals surface area contributed by atoms with Crippen molar-refractivity contribution in [3.8, 4) is 0 Å². The van der Waals surface area contributed by atoms with E-state index in [0.717, 1.165) is 0 Å². The van der Waals surface area contributed by atoms with Crippen molar-refractivity contribution in [1.82, 2.24) is 6.15 Å². The molecule has 0 aliphatic carbocycles. The summed E-state index contributed by atoms with van der Waals surface area (Å²) in [5.74, 6) is -1.43. The van der Waals surface area contributed by atoms with E-state index in [4.69, 9.17) is 14.9 Å². The van der Waals surface area contributed by atoms with Crippen LogP contribution in [0, 0.1) is 0 Å². The summed E-state index contributed by atoms with van der Waals surface area (Å²) in [7, 11) is 0. The van der Waals surface area contributed by atoms with Gasteiger partial charge in [-0.1, -0.05) is 0 Å². The van der Waals surface area contributed by atoms with Crippen molar-refractivity contribution in [1.29, 1.82) is 0 Å². The molecule has 108 valence electrons. The van der Waals surface area contributed by atoms with Crippen LogP contribution in [-0.4, -0.2) is 60.8 Å². The molecule has 0 heterocycles. The van der Waals surface area contributed by atoms with E-state index in [1.54, 1.807) is 0 Å². The summed E-state index contributed by atoms with van der Waals surface area (Å²) in [4.78, 5) is 21.5. The Bertz CT molecular complexity index is 224. The SMILES string of the molecule is CC(O)C(=O)OCCOCCOC(=O)C(C)O.N.[Ti+4]. The van der Waals surface area contributed by atoms with Crippen molar-refractivity contribution in [2.24, 2.45) is 0 Å². The molecule has 0 saturated carbocycles. The summed E-state index contributed by atoms with van der Waals surface area (Å²) in [6, 6.07) is 0. The third kappa shape index (κ3) is 13.7. The van der Waals surface area contributed by atoms with Crippen molar-refractivity contribution >= 4 is 11.9 Å². The molecule has 0 aromatic carbocycles. The molecule has 9 heteroatoms. The topological polar surface area (TPSA) is 137 Å². The molecule has 0 spiro atoms. The Morgan fingerprint density at radius 1 is 0.895 bits per heavy atom. The first kappa shape index (κ1) is 23.6. The predicted molar refractivity (Wildman–Crippen MR) is 61.1 cm³/mol. The van der Waals surface area contributed by atoms with Gasteiger partial charge in [0.05, 0.1) is 13.2 Å². The van der Waals surface area contributed by atoms with Gasteiger partial charge in [0.2, 0.25) is 0 Å². The van der Waals surface area contributed by atoms with E-state index in [1.807, 2.05) is 0 Å². The molecule has 0 amide bonds. The molecule has 2 atom stereocenters. The van der Waals surface area contributed by atoms with Gasteiger partial charge in [-0.05, 0) is 13.8 Å². The van der Waals surface area contributed by atoms with Gasteiger partial charge in [-0.2, -0.15) is 0 Å². The molecule has 19 heavy (non-hydrogen) atoms. The molecule has 0 aliphatic rings. The third-order valence-electron chi connectivity index (χ3n) is 1.63. The van der Waals surface area contributed by atoms with Crippen LogP contribution in [0.1, 0.15) is 13.8 Å². The molecule has 0 aliphatic heterocycles. The molecule has 0 aromatic heterocycles. The summed E-state index contributed by atoms with van der Waals surface area (Å²) in [5, 5.41) is 17.6. The van der Waals surface area contributed by atoms with Gasteiger partial charge in [-0.15, -0.1) is 0 Å². The van der Waals surface area contributed by atoms with Gasteiger partial charge in [0.1, 0.15) is 25.4 Å². The zero-order valence-corrected chi connectivity index (χ0v) is 12.7. The van der Waals surface area contributed by atoms with Crippen molar-refractivity contribution < 1.29 is 55.7 Å². The Morgan fingerprint density at radius 2 is 1.21 bits per heavy atom. The van der Waals surface area contributed by atoms with E-state index in [1.165, 1.54) is 13.8 Å². The molecule has 0 fully saturated rings. The number of hydrogen-bond donors (Lipinski definition) is 3. The van der Waals surface area contributed by atoms with Gasteiger partial charge < -0.3 is 30.6 Å². The molecular weight excluding hydrogens is 294 g/mol. The van der Waals surface area contributed by atoms with Gasteiger partial charge in [-0.3, -0.25) is 0 Å². The normalized spacial score (nSPS) is 12.4. The van der Waals surface area contributed by atoms with Gasteiger partial charge in [-0.25, -0.2) is 9.59 Å². The van der Waals surface area contributed by atoms with Crippen molar-refractivity contribution in [2.45, 2.75) is 26.1 Å². The zero-order valence-electron chi connectivity index (χ0n) is 11.1. The molecule has 5 N–H and O–H groups in total. The van der Waals surface area contributed by atoms with Gasteiger partial charge in [0.15, 0.2) is 0 Å². The first-order valence-corrected chi connectivity index (χ1v) is 5.22. The van der Waals surface area contributed by atoms with Crippen LogP contribution in [0.2, 0.25) is 0 Å². The molecular formula is C10H21NO7Ti+4. The van der Waals surface area contributed by atoms with E-state index in [-0.39, 0.29) is 54.3 Å². The van der Waals surface area contributed by atoms with Crippen molar-refractivity contribution in [2.75, 3.05) is 26.4 Å². The standard InChI is InChI=1S/C10H18O7.H3N.Ti/c1-7(11)9(13)16-5-3-15-4-6-17-10(14)8(2)12;;/h7-8,11-12H,3-6H2,1-2H3;1H3;/q;;+4. The summed E-state index contributed by atoms with van der Waals surface area (Å²) in [5.41, 5.74) is 0. The van der Waals surface area contributed by atoms with Crippen LogP contribution in [-0.2, 0) is 45.5 Å². The molecule has 0 rings (SSSR count). The van der Waals surface area contributed by atoms with E-state index in [0.29, 0.717) is 0 Å². The minimum absolute atomic E-state index is 0. The molecule has 8 nitrogen and oxygen atoms in total. The van der Waals surface area contributed by atoms with Crippen LogP contribution in [0.3, 0.4) is 0 Å². The van der Waals surface area contributed by atoms with Crippen LogP contribution < -0.4 is 6.15 Å². The number of ether oxygens (including phenoxy) is 3. The van der Waals surface area contributed by atoms with Crippen LogP contribution in [0.15, 0.2) is 0 Å². The Labute approximate surface area is 126 Å². The Balaban J connectivity index is -0.00000128. The summed E-state index contributed by atoms with van der Waals surface area (Å²) < 4.78 is 14.2. The summed E-state index contributed by atoms with van der Waals surface area (Å²) in [6.07, 6.45) is -2.30. The van der Waals surface area contributed by atoms with E-state index >= 15 is 0 Å². The third-order valence-corrected chi connectivity index (χ3v) is 1.63. The number of aliphatic hydroxyl groups is 2. The van der Waals surface area contributed by atoms with Crippen molar-refractivity contribution in [3.05, 3.63) is 0 Å². The minimum Gasteiger partial charge on any atom is -0.461 e. The first-order valence-electron chi connectivity index (χ1n) is 5.22. The minimum atomic E-state index is -1.15. The van der Waals surface area contributed by atoms with Gasteiger partial charge in [0, 0.05) is 0 Å². The summed E-state index contributed by atoms with van der Waals surface area (Å²) in [6.45, 7) is 2.94. The predicted octanol–water partition coefficient (Wildman–Crippen LogP) is -0.989. The molecule has 0 saturated heterocycles. The maximum atomic E-state index is 10.8. The molecule has 0 radical (unpaired) electrons. The number of hydrogen-bond acceptors (Lipinski definition) is 8. The second-order valence-corrected chi connectivity index (χ2v) is 3.30. The Hall–Kier alpha value is -0.506. The van der Waals surface area contributed by atoms with E-state index < -0.39 is 24.1 Å². The van der Waals surface area contributed by atoms with Gasteiger partial charge >= 0.3 is 33.7 Å². The zero-order chi connectivity index (χ0) is 13.3. The van der Waals surface area contributed by atoms with Crippen LogP contribution in [0.5, 0.6) is 0 Å². The fourth-order valence-corrected chi connectivity index (χ4v) is 0.746. The fourth-order valence-electron chi connectivity index (χ4n) is 0.746. The average molecular weight is 315 g/mol. The van der Waals surface area contributed by atoms with E-state index in [9.17, 15) is 9.59 Å². The largest absolute Gasteiger partial charge is 4.00 e. The maximum absolute atomic E-state index is 10.8. The number of carbonyl (C=O) groups is 2. The van der Waals surface area contributed by atoms with E-state index in [2.05, 4.69) is 9.47 Å². The maximum Gasteiger partial charge on any atom is 4.00 e. The van der Waals surface area contributed by atoms with Crippen LogP contribution >= 0.6 is 0 Å². The summed E-state index contributed by atoms with van der Waals surface area (Å²) >= 11 is 0. The fraction of sp³-hybridized carbons (Fsp3) is 0.800. The number of esters is 2. The monoisotopic (exact) mass is 315 g/mol. The second-order valence-electron chi connectivity index (χ2n) is 3.30. The van der Waals surface area contributed by atoms with Gasteiger partial charge in [0.25, 0.3) is 0 Å². The number of aliphatic hydroxyl groups excluding tert-OH is 2. The second kappa shape index (κ2) is 13.9. The number of rotatable bonds is 8. The van der Waals surface area contributed by atoms with Crippen molar-refractivity contribution in [3.63, 3.8) is 0 Å². The Morgan fingerprint density at radius 3 is 1.47 bits per heavy atom. The molecule has 2 unspecified atom stereocenters. The average Bonchev–Trinajstić information content (AvgIpc) is 2.26. The quantitative estimate of drug-likeness (QED) is 0.295. The first-order chi connectivity index (χ1) is 7.95. The smallest absolute Gasteiger partial charge is 0.461 e. The molecule has 0 aromatic rings. The number of carbonyl (C=O) groups excluding carboxylic acids is 2. The Kier molecular flexibility index (Phi) is 17.3.